The van der Waals surface area contributed by atoms with Crippen molar-refractivity contribution in [3.63, 3.8) is 0 Å². The van der Waals surface area contributed by atoms with Crippen molar-refractivity contribution in [1.29, 1.82) is 0 Å². The van der Waals surface area contributed by atoms with Crippen LogP contribution in [0.2, 0.25) is 0 Å². The molecule has 0 atom stereocenters. The van der Waals surface area contributed by atoms with Crippen molar-refractivity contribution < 1.29 is 8.42 Å². The van der Waals surface area contributed by atoms with Gasteiger partial charge in [-0.25, -0.2) is 8.42 Å². The van der Waals surface area contributed by atoms with Gasteiger partial charge in [-0.15, -0.1) is 10.2 Å². The van der Waals surface area contributed by atoms with Gasteiger partial charge in [-0.2, -0.15) is 4.31 Å². The fourth-order valence-corrected chi connectivity index (χ4v) is 4.83. The Labute approximate surface area is 190 Å². The Kier molecular flexibility index (Phi) is 6.67. The molecule has 7 heteroatoms. The molecule has 1 aliphatic rings. The molecule has 0 bridgehead atoms. The molecule has 166 valence electrons. The number of aromatic nitrogens is 2. The summed E-state index contributed by atoms with van der Waals surface area (Å²) in [4.78, 5) is 2.08. The molecular weight excluding hydrogens is 420 g/mol. The van der Waals surface area contributed by atoms with Crippen LogP contribution in [0.5, 0.6) is 0 Å². The van der Waals surface area contributed by atoms with Crippen molar-refractivity contribution in [2.75, 3.05) is 31.1 Å². The molecule has 1 saturated heterocycles. The van der Waals surface area contributed by atoms with E-state index in [1.165, 1.54) is 15.3 Å². The van der Waals surface area contributed by atoms with Gasteiger partial charge in [0.25, 0.3) is 0 Å². The lowest BCUT2D eigenvalue weighted by Crippen LogP contribution is -2.48. The quantitative estimate of drug-likeness (QED) is 0.567. The molecule has 3 aromatic rings. The average Bonchev–Trinajstić information content (AvgIpc) is 2.84. The molecule has 0 radical (unpaired) electrons. The van der Waals surface area contributed by atoms with Gasteiger partial charge in [0.05, 0.1) is 5.69 Å². The second kappa shape index (κ2) is 9.63. The van der Waals surface area contributed by atoms with Crippen LogP contribution in [0, 0.1) is 6.92 Å². The molecule has 0 aliphatic carbocycles. The van der Waals surface area contributed by atoms with Crippen LogP contribution in [0.25, 0.3) is 17.3 Å². The highest BCUT2D eigenvalue weighted by molar-refractivity contribution is 7.92. The Morgan fingerprint density at radius 1 is 0.875 bits per heavy atom. The lowest BCUT2D eigenvalue weighted by molar-refractivity contribution is 0.388. The number of hydrogen-bond donors (Lipinski definition) is 0. The van der Waals surface area contributed by atoms with E-state index in [9.17, 15) is 8.42 Å². The average molecular weight is 449 g/mol. The van der Waals surface area contributed by atoms with Gasteiger partial charge in [-0.05, 0) is 42.7 Å². The summed E-state index contributed by atoms with van der Waals surface area (Å²) in [5.74, 6) is 0.770. The van der Waals surface area contributed by atoms with E-state index in [-0.39, 0.29) is 0 Å². The fraction of sp³-hybridized carbons (Fsp3) is 0.280. The van der Waals surface area contributed by atoms with Crippen LogP contribution in [0.4, 0.5) is 5.82 Å². The highest BCUT2D eigenvalue weighted by Gasteiger charge is 2.25. The summed E-state index contributed by atoms with van der Waals surface area (Å²) in [7, 11) is -3.46. The summed E-state index contributed by atoms with van der Waals surface area (Å²) in [5.41, 5.74) is 5.18. The minimum Gasteiger partial charge on any atom is -0.352 e. The normalized spacial score (nSPS) is 15.4. The number of aryl methyl sites for hydroxylation is 2. The van der Waals surface area contributed by atoms with E-state index in [1.807, 2.05) is 43.3 Å². The first kappa shape index (κ1) is 22.2. The van der Waals surface area contributed by atoms with Gasteiger partial charge in [0.1, 0.15) is 0 Å². The molecule has 1 aliphatic heterocycles. The predicted molar refractivity (Wildman–Crippen MR) is 130 cm³/mol. The SMILES string of the molecule is CCc1ccc(-c2ccc(N3CCN(S(=O)(=O)/C=C\c4ccc(C)cc4)CC3)nn2)cc1. The van der Waals surface area contributed by atoms with Crippen LogP contribution in [0.15, 0.2) is 66.1 Å². The number of benzene rings is 2. The molecular formula is C25H28N4O2S. The van der Waals surface area contributed by atoms with Crippen molar-refractivity contribution >= 4 is 21.9 Å². The maximum Gasteiger partial charge on any atom is 0.236 e. The summed E-state index contributed by atoms with van der Waals surface area (Å²) < 4.78 is 26.9. The molecule has 4 rings (SSSR count). The zero-order valence-electron chi connectivity index (χ0n) is 18.5. The van der Waals surface area contributed by atoms with Gasteiger partial charge < -0.3 is 4.90 Å². The molecule has 0 amide bonds. The predicted octanol–water partition coefficient (Wildman–Crippen LogP) is 4.14. The fourth-order valence-electron chi connectivity index (χ4n) is 3.66. The van der Waals surface area contributed by atoms with Crippen LogP contribution in [-0.4, -0.2) is 49.1 Å². The molecule has 0 N–H and O–H groups in total. The second-order valence-corrected chi connectivity index (χ2v) is 9.79. The molecule has 0 saturated carbocycles. The van der Waals surface area contributed by atoms with Crippen LogP contribution in [0.1, 0.15) is 23.6 Å². The van der Waals surface area contributed by atoms with Crippen LogP contribution >= 0.6 is 0 Å². The van der Waals surface area contributed by atoms with Crippen molar-refractivity contribution in [2.24, 2.45) is 0 Å². The van der Waals surface area contributed by atoms with Gasteiger partial charge in [0, 0.05) is 37.2 Å². The smallest absolute Gasteiger partial charge is 0.236 e. The van der Waals surface area contributed by atoms with E-state index in [1.54, 1.807) is 6.08 Å². The molecule has 1 fully saturated rings. The van der Waals surface area contributed by atoms with E-state index in [0.29, 0.717) is 26.2 Å². The van der Waals surface area contributed by atoms with Gasteiger partial charge >= 0.3 is 0 Å². The molecule has 2 aromatic carbocycles. The molecule has 1 aromatic heterocycles. The lowest BCUT2D eigenvalue weighted by Gasteiger charge is -2.33. The van der Waals surface area contributed by atoms with Crippen molar-refractivity contribution in [2.45, 2.75) is 20.3 Å². The zero-order chi connectivity index (χ0) is 22.6. The summed E-state index contributed by atoms with van der Waals surface area (Å²) >= 11 is 0. The van der Waals surface area contributed by atoms with Crippen molar-refractivity contribution in [3.8, 4) is 11.3 Å². The molecule has 0 unspecified atom stereocenters. The molecule has 2 heterocycles. The van der Waals surface area contributed by atoms with Crippen LogP contribution in [0.3, 0.4) is 0 Å². The number of rotatable bonds is 6. The minimum atomic E-state index is -3.46. The summed E-state index contributed by atoms with van der Waals surface area (Å²) in [6, 6.07) is 20.0. The van der Waals surface area contributed by atoms with E-state index in [0.717, 1.165) is 34.6 Å². The highest BCUT2D eigenvalue weighted by atomic mass is 32.2. The number of nitrogens with zero attached hydrogens (tertiary/aromatic N) is 4. The molecule has 6 nitrogen and oxygen atoms in total. The Balaban J connectivity index is 1.37. The van der Waals surface area contributed by atoms with Gasteiger partial charge in [0.2, 0.25) is 10.0 Å². The standard InChI is InChI=1S/C25H28N4O2S/c1-3-21-8-10-23(11-9-21)24-12-13-25(27-26-24)28-15-17-29(18-16-28)32(30,31)19-14-22-6-4-20(2)5-7-22/h4-14,19H,3,15-18H2,1-2H3/b19-14-. The Morgan fingerprint density at radius 3 is 2.16 bits per heavy atom. The summed E-state index contributed by atoms with van der Waals surface area (Å²) in [6.45, 7) is 6.14. The first-order chi connectivity index (χ1) is 15.4. The van der Waals surface area contributed by atoms with Gasteiger partial charge in [0.15, 0.2) is 5.82 Å². The third-order valence-corrected chi connectivity index (χ3v) is 7.31. The minimum absolute atomic E-state index is 0.419. The number of sulfonamides is 1. The van der Waals surface area contributed by atoms with Crippen LogP contribution < -0.4 is 4.90 Å². The van der Waals surface area contributed by atoms with Gasteiger partial charge in [-0.3, -0.25) is 0 Å². The maximum atomic E-state index is 12.7. The summed E-state index contributed by atoms with van der Waals surface area (Å²) in [6.07, 6.45) is 2.66. The first-order valence-electron chi connectivity index (χ1n) is 10.9. The van der Waals surface area contributed by atoms with Crippen molar-refractivity contribution in [1.82, 2.24) is 14.5 Å². The number of piperazine rings is 1. The Morgan fingerprint density at radius 2 is 1.56 bits per heavy atom. The zero-order valence-corrected chi connectivity index (χ0v) is 19.3. The van der Waals surface area contributed by atoms with E-state index >= 15 is 0 Å². The monoisotopic (exact) mass is 448 g/mol. The van der Waals surface area contributed by atoms with E-state index in [2.05, 4.69) is 46.3 Å². The van der Waals surface area contributed by atoms with Gasteiger partial charge in [-0.1, -0.05) is 61.0 Å². The van der Waals surface area contributed by atoms with Crippen LogP contribution in [-0.2, 0) is 16.4 Å². The highest BCUT2D eigenvalue weighted by Crippen LogP contribution is 2.21. The molecule has 32 heavy (non-hydrogen) atoms. The number of hydrogen-bond acceptors (Lipinski definition) is 5. The summed E-state index contributed by atoms with van der Waals surface area (Å²) in [5, 5.41) is 10.1. The van der Waals surface area contributed by atoms with E-state index < -0.39 is 10.0 Å². The third kappa shape index (κ3) is 5.23. The first-order valence-corrected chi connectivity index (χ1v) is 12.4. The lowest BCUT2D eigenvalue weighted by atomic mass is 10.1. The van der Waals surface area contributed by atoms with E-state index in [4.69, 9.17) is 0 Å². The maximum absolute atomic E-state index is 12.7. The topological polar surface area (TPSA) is 66.4 Å². The number of anilines is 1. The Bertz CT molecular complexity index is 1160. The molecule has 0 spiro atoms. The Hall–Kier alpha value is -3.03. The second-order valence-electron chi connectivity index (χ2n) is 7.97. The largest absolute Gasteiger partial charge is 0.352 e. The van der Waals surface area contributed by atoms with Crippen molar-refractivity contribution in [3.05, 3.63) is 82.8 Å². The third-order valence-electron chi connectivity index (χ3n) is 5.74.